The number of anilines is 1. The Hall–Kier alpha value is -3.33. The molecule has 6 nitrogen and oxygen atoms in total. The average molecular weight is 451 g/mol. The number of nitrogens with one attached hydrogen (secondary N) is 1. The first-order valence-corrected chi connectivity index (χ1v) is 9.39. The van der Waals surface area contributed by atoms with Gasteiger partial charge in [-0.05, 0) is 24.6 Å². The van der Waals surface area contributed by atoms with Gasteiger partial charge in [-0.1, -0.05) is 47.1 Å². The molecular formula is C21H18ClF3N4O2. The highest BCUT2D eigenvalue weighted by atomic mass is 35.5. The molecule has 0 bridgehead atoms. The van der Waals surface area contributed by atoms with Gasteiger partial charge in [-0.3, -0.25) is 9.48 Å². The van der Waals surface area contributed by atoms with E-state index in [9.17, 15) is 18.0 Å². The van der Waals surface area contributed by atoms with Crippen molar-refractivity contribution in [2.75, 3.05) is 12.4 Å². The summed E-state index contributed by atoms with van der Waals surface area (Å²) in [4.78, 5) is 17.4. The molecule has 0 fully saturated rings. The van der Waals surface area contributed by atoms with E-state index in [2.05, 4.69) is 15.6 Å². The minimum Gasteiger partial charge on any atom is -0.399 e. The van der Waals surface area contributed by atoms with Crippen LogP contribution in [0.5, 0.6) is 0 Å². The Labute approximate surface area is 181 Å². The van der Waals surface area contributed by atoms with Gasteiger partial charge in [-0.15, -0.1) is 0 Å². The van der Waals surface area contributed by atoms with Gasteiger partial charge in [-0.2, -0.15) is 18.3 Å². The van der Waals surface area contributed by atoms with E-state index in [4.69, 9.17) is 16.4 Å². The largest absolute Gasteiger partial charge is 0.435 e. The summed E-state index contributed by atoms with van der Waals surface area (Å²) < 4.78 is 40.6. The summed E-state index contributed by atoms with van der Waals surface area (Å²) >= 11 is 6.38. The molecule has 0 atom stereocenters. The second kappa shape index (κ2) is 8.81. The number of aromatic nitrogens is 2. The van der Waals surface area contributed by atoms with Crippen molar-refractivity contribution in [3.05, 3.63) is 70.5 Å². The molecule has 0 aliphatic rings. The van der Waals surface area contributed by atoms with Crippen LogP contribution in [0.1, 0.15) is 28.5 Å². The Morgan fingerprint density at radius 3 is 2.55 bits per heavy atom. The molecule has 0 radical (unpaired) electrons. The number of carbonyl (C=O) groups is 1. The van der Waals surface area contributed by atoms with Gasteiger partial charge in [0.05, 0.1) is 16.3 Å². The Morgan fingerprint density at radius 1 is 1.19 bits per heavy atom. The van der Waals surface area contributed by atoms with Gasteiger partial charge in [-0.25, -0.2) is 0 Å². The molecular weight excluding hydrogens is 433 g/mol. The number of carbonyl (C=O) groups excluding carboxylic acids is 1. The topological polar surface area (TPSA) is 68.5 Å². The molecule has 10 heteroatoms. The van der Waals surface area contributed by atoms with Crippen molar-refractivity contribution >= 4 is 28.9 Å². The zero-order valence-electron chi connectivity index (χ0n) is 16.8. The molecule has 3 aromatic rings. The fraction of sp³-hybridized carbons (Fsp3) is 0.190. The standard InChI is InChI=1S/C21H18ClF3N4O2/c1-12(28-31-3)14-9-8-13(10-17(14)22)15-6-4-5-7-18(15)26-20(30)16-11-29(2)27-19(16)21(23,24)25/h4-11H,1-3H3,(H,26,30)/b28-12+. The molecule has 1 heterocycles. The lowest BCUT2D eigenvalue weighted by molar-refractivity contribution is -0.141. The molecule has 0 saturated heterocycles. The summed E-state index contributed by atoms with van der Waals surface area (Å²) in [5.74, 6) is -0.918. The number of nitrogens with zero attached hydrogens (tertiary/aromatic N) is 3. The maximum atomic E-state index is 13.2. The highest BCUT2D eigenvalue weighted by Gasteiger charge is 2.39. The van der Waals surface area contributed by atoms with E-state index in [0.29, 0.717) is 33.1 Å². The molecule has 1 aromatic heterocycles. The molecule has 1 amide bonds. The highest BCUT2D eigenvalue weighted by molar-refractivity contribution is 6.34. The van der Waals surface area contributed by atoms with Crippen LogP contribution in [0.3, 0.4) is 0 Å². The Balaban J connectivity index is 1.96. The van der Waals surface area contributed by atoms with E-state index >= 15 is 0 Å². The number of hydrogen-bond acceptors (Lipinski definition) is 4. The minimum atomic E-state index is -4.75. The molecule has 0 aliphatic heterocycles. The van der Waals surface area contributed by atoms with Crippen LogP contribution in [-0.4, -0.2) is 28.5 Å². The summed E-state index contributed by atoms with van der Waals surface area (Å²) in [6.45, 7) is 1.74. The predicted octanol–water partition coefficient (Wildman–Crippen LogP) is 5.38. The van der Waals surface area contributed by atoms with Crippen LogP contribution in [0.4, 0.5) is 18.9 Å². The van der Waals surface area contributed by atoms with Crippen molar-refractivity contribution < 1.29 is 22.8 Å². The third-order valence-electron chi connectivity index (χ3n) is 4.42. The summed E-state index contributed by atoms with van der Waals surface area (Å²) in [5, 5.41) is 10.2. The van der Waals surface area contributed by atoms with Crippen LogP contribution >= 0.6 is 11.6 Å². The lowest BCUT2D eigenvalue weighted by Crippen LogP contribution is -2.18. The second-order valence-corrected chi connectivity index (χ2v) is 7.02. The molecule has 0 aliphatic carbocycles. The van der Waals surface area contributed by atoms with Crippen molar-refractivity contribution in [2.45, 2.75) is 13.1 Å². The lowest BCUT2D eigenvalue weighted by atomic mass is 10.0. The average Bonchev–Trinajstić information content (AvgIpc) is 3.11. The van der Waals surface area contributed by atoms with E-state index in [0.717, 1.165) is 10.9 Å². The van der Waals surface area contributed by atoms with Crippen LogP contribution in [-0.2, 0) is 18.1 Å². The van der Waals surface area contributed by atoms with Gasteiger partial charge in [0.25, 0.3) is 5.91 Å². The van der Waals surface area contributed by atoms with Gasteiger partial charge in [0.2, 0.25) is 0 Å². The zero-order chi connectivity index (χ0) is 22.8. The summed E-state index contributed by atoms with van der Waals surface area (Å²) in [5.41, 5.74) is 1.02. The monoisotopic (exact) mass is 450 g/mol. The van der Waals surface area contributed by atoms with Gasteiger partial charge in [0.15, 0.2) is 5.69 Å². The van der Waals surface area contributed by atoms with Gasteiger partial charge in [0.1, 0.15) is 7.11 Å². The van der Waals surface area contributed by atoms with Gasteiger partial charge in [0, 0.05) is 30.1 Å². The van der Waals surface area contributed by atoms with E-state index in [1.165, 1.54) is 14.2 Å². The predicted molar refractivity (Wildman–Crippen MR) is 112 cm³/mol. The minimum absolute atomic E-state index is 0.329. The molecule has 0 saturated carbocycles. The molecule has 31 heavy (non-hydrogen) atoms. The Bertz CT molecular complexity index is 1160. The van der Waals surface area contributed by atoms with Crippen molar-refractivity contribution in [1.29, 1.82) is 0 Å². The van der Waals surface area contributed by atoms with Gasteiger partial charge >= 0.3 is 6.18 Å². The van der Waals surface area contributed by atoms with E-state index in [1.54, 1.807) is 49.4 Å². The lowest BCUT2D eigenvalue weighted by Gasteiger charge is -2.13. The highest BCUT2D eigenvalue weighted by Crippen LogP contribution is 2.34. The summed E-state index contributed by atoms with van der Waals surface area (Å²) in [6, 6.07) is 11.9. The number of rotatable bonds is 5. The molecule has 1 N–H and O–H groups in total. The number of hydrogen-bond donors (Lipinski definition) is 1. The second-order valence-electron chi connectivity index (χ2n) is 6.62. The van der Waals surface area contributed by atoms with Crippen LogP contribution in [0.25, 0.3) is 11.1 Å². The molecule has 162 valence electrons. The molecule has 0 unspecified atom stereocenters. The summed E-state index contributed by atoms with van der Waals surface area (Å²) in [7, 11) is 2.75. The fourth-order valence-corrected chi connectivity index (χ4v) is 3.38. The molecule has 0 spiro atoms. The normalized spacial score (nSPS) is 12.0. The number of benzene rings is 2. The first-order valence-electron chi connectivity index (χ1n) is 9.01. The zero-order valence-corrected chi connectivity index (χ0v) is 17.5. The third kappa shape index (κ3) is 4.88. The number of halogens is 4. The molecule has 3 rings (SSSR count). The van der Waals surface area contributed by atoms with Crippen LogP contribution < -0.4 is 5.32 Å². The van der Waals surface area contributed by atoms with Crippen molar-refractivity contribution in [3.63, 3.8) is 0 Å². The molecule has 2 aromatic carbocycles. The van der Waals surface area contributed by atoms with E-state index in [-0.39, 0.29) is 0 Å². The maximum Gasteiger partial charge on any atom is 0.435 e. The number of alkyl halides is 3. The van der Waals surface area contributed by atoms with Crippen LogP contribution in [0.2, 0.25) is 5.02 Å². The summed E-state index contributed by atoms with van der Waals surface area (Å²) in [6.07, 6.45) is -3.72. The Morgan fingerprint density at radius 2 is 1.90 bits per heavy atom. The smallest absolute Gasteiger partial charge is 0.399 e. The third-order valence-corrected chi connectivity index (χ3v) is 4.73. The number of oxime groups is 1. The SMILES string of the molecule is CO/N=C(\C)c1ccc(-c2ccccc2NC(=O)c2cn(C)nc2C(F)(F)F)cc1Cl. The maximum absolute atomic E-state index is 13.2. The van der Waals surface area contributed by atoms with Crippen LogP contribution in [0.15, 0.2) is 53.8 Å². The van der Waals surface area contributed by atoms with Gasteiger partial charge < -0.3 is 10.2 Å². The van der Waals surface area contributed by atoms with E-state index in [1.807, 2.05) is 0 Å². The van der Waals surface area contributed by atoms with Crippen molar-refractivity contribution in [2.24, 2.45) is 12.2 Å². The van der Waals surface area contributed by atoms with E-state index < -0.39 is 23.3 Å². The first-order chi connectivity index (χ1) is 14.6. The van der Waals surface area contributed by atoms with Crippen molar-refractivity contribution in [1.82, 2.24) is 9.78 Å². The Kier molecular flexibility index (Phi) is 6.35. The number of amides is 1. The van der Waals surface area contributed by atoms with Crippen LogP contribution in [0, 0.1) is 0 Å². The number of para-hydroxylation sites is 1. The number of aryl methyl sites for hydroxylation is 1. The fourth-order valence-electron chi connectivity index (χ4n) is 3.06. The first kappa shape index (κ1) is 22.4. The van der Waals surface area contributed by atoms with Crippen molar-refractivity contribution in [3.8, 4) is 11.1 Å². The quantitative estimate of drug-likeness (QED) is 0.419.